The fourth-order valence-electron chi connectivity index (χ4n) is 2.17. The van der Waals surface area contributed by atoms with Gasteiger partial charge in [-0.3, -0.25) is 9.89 Å². The fourth-order valence-corrected chi connectivity index (χ4v) is 2.17. The first-order chi connectivity index (χ1) is 7.68. The maximum absolute atomic E-state index is 12.0. The number of carbonyl (C=O) groups excluding carboxylic acids is 1. The second-order valence-electron chi connectivity index (χ2n) is 4.46. The molecule has 5 nitrogen and oxygen atoms in total. The summed E-state index contributed by atoms with van der Waals surface area (Å²) < 4.78 is 0. The van der Waals surface area contributed by atoms with Crippen LogP contribution >= 0.6 is 0 Å². The SMILES string of the molecule is CC(N)C1CCN(C(=O)c2ccn[nH]2)CC1. The Morgan fingerprint density at radius 3 is 2.81 bits per heavy atom. The number of nitrogens with zero attached hydrogens (tertiary/aromatic N) is 2. The predicted molar refractivity (Wildman–Crippen MR) is 60.9 cm³/mol. The Bertz CT molecular complexity index is 339. The highest BCUT2D eigenvalue weighted by Crippen LogP contribution is 2.20. The quantitative estimate of drug-likeness (QED) is 0.769. The number of carbonyl (C=O) groups is 1. The normalized spacial score (nSPS) is 19.8. The van der Waals surface area contributed by atoms with Crippen molar-refractivity contribution in [3.63, 3.8) is 0 Å². The molecule has 1 atom stereocenters. The molecule has 3 N–H and O–H groups in total. The summed E-state index contributed by atoms with van der Waals surface area (Å²) in [5.41, 5.74) is 6.43. The third-order valence-electron chi connectivity index (χ3n) is 3.30. The molecule has 0 radical (unpaired) electrons. The number of H-pyrrole nitrogens is 1. The van der Waals surface area contributed by atoms with Crippen molar-refractivity contribution in [2.45, 2.75) is 25.8 Å². The van der Waals surface area contributed by atoms with Gasteiger partial charge in [-0.05, 0) is 31.7 Å². The molecule has 0 aromatic carbocycles. The van der Waals surface area contributed by atoms with Crippen molar-refractivity contribution >= 4 is 5.91 Å². The lowest BCUT2D eigenvalue weighted by molar-refractivity contribution is 0.0675. The van der Waals surface area contributed by atoms with E-state index in [9.17, 15) is 4.79 Å². The highest BCUT2D eigenvalue weighted by atomic mass is 16.2. The summed E-state index contributed by atoms with van der Waals surface area (Å²) >= 11 is 0. The first-order valence-electron chi connectivity index (χ1n) is 5.72. The topological polar surface area (TPSA) is 75.0 Å². The third kappa shape index (κ3) is 2.24. The highest BCUT2D eigenvalue weighted by molar-refractivity contribution is 5.92. The molecule has 1 saturated heterocycles. The molecule has 1 aliphatic heterocycles. The van der Waals surface area contributed by atoms with Crippen molar-refractivity contribution in [2.24, 2.45) is 11.7 Å². The zero-order valence-corrected chi connectivity index (χ0v) is 9.52. The van der Waals surface area contributed by atoms with Gasteiger partial charge in [0.15, 0.2) is 0 Å². The summed E-state index contributed by atoms with van der Waals surface area (Å²) in [5, 5.41) is 6.49. The maximum atomic E-state index is 12.0. The number of aromatic nitrogens is 2. The second kappa shape index (κ2) is 4.65. The van der Waals surface area contributed by atoms with Gasteiger partial charge in [-0.15, -0.1) is 0 Å². The van der Waals surface area contributed by atoms with Crippen LogP contribution in [0.5, 0.6) is 0 Å². The summed E-state index contributed by atoms with van der Waals surface area (Å²) in [5.74, 6) is 0.589. The van der Waals surface area contributed by atoms with Gasteiger partial charge < -0.3 is 10.6 Å². The monoisotopic (exact) mass is 222 g/mol. The predicted octanol–water partition coefficient (Wildman–Crippen LogP) is 0.609. The summed E-state index contributed by atoms with van der Waals surface area (Å²) in [4.78, 5) is 13.8. The molecule has 2 heterocycles. The van der Waals surface area contributed by atoms with Crippen LogP contribution in [0.3, 0.4) is 0 Å². The van der Waals surface area contributed by atoms with Crippen LogP contribution in [-0.2, 0) is 0 Å². The Balaban J connectivity index is 1.92. The molecule has 16 heavy (non-hydrogen) atoms. The number of nitrogens with one attached hydrogen (secondary N) is 1. The van der Waals surface area contributed by atoms with E-state index in [2.05, 4.69) is 10.2 Å². The first kappa shape index (κ1) is 11.1. The lowest BCUT2D eigenvalue weighted by atomic mass is 9.91. The minimum Gasteiger partial charge on any atom is -0.337 e. The Hall–Kier alpha value is -1.36. The van der Waals surface area contributed by atoms with Crippen molar-refractivity contribution in [3.8, 4) is 0 Å². The zero-order valence-electron chi connectivity index (χ0n) is 9.52. The summed E-state index contributed by atoms with van der Waals surface area (Å²) in [6.45, 7) is 3.63. The van der Waals surface area contributed by atoms with E-state index in [0.29, 0.717) is 11.6 Å². The standard InChI is InChI=1S/C11H18N4O/c1-8(12)9-3-6-15(7-4-9)11(16)10-2-5-13-14-10/h2,5,8-9H,3-4,6-7,12H2,1H3,(H,13,14). The van der Waals surface area contributed by atoms with E-state index < -0.39 is 0 Å². The summed E-state index contributed by atoms with van der Waals surface area (Å²) in [6.07, 6.45) is 3.59. The lowest BCUT2D eigenvalue weighted by Crippen LogP contribution is -2.42. The molecule has 1 aromatic rings. The van der Waals surface area contributed by atoms with E-state index in [0.717, 1.165) is 25.9 Å². The third-order valence-corrected chi connectivity index (χ3v) is 3.30. The average Bonchev–Trinajstić information content (AvgIpc) is 2.81. The van der Waals surface area contributed by atoms with Crippen molar-refractivity contribution in [1.29, 1.82) is 0 Å². The highest BCUT2D eigenvalue weighted by Gasteiger charge is 2.25. The largest absolute Gasteiger partial charge is 0.337 e. The molecule has 1 amide bonds. The van der Waals surface area contributed by atoms with Crippen LogP contribution in [0.1, 0.15) is 30.3 Å². The maximum Gasteiger partial charge on any atom is 0.271 e. The van der Waals surface area contributed by atoms with Gasteiger partial charge in [0.1, 0.15) is 5.69 Å². The number of nitrogens with two attached hydrogens (primary N) is 1. The van der Waals surface area contributed by atoms with E-state index >= 15 is 0 Å². The molecule has 1 aromatic heterocycles. The number of likely N-dealkylation sites (tertiary alicyclic amines) is 1. The molecule has 2 rings (SSSR count). The first-order valence-corrected chi connectivity index (χ1v) is 5.72. The Morgan fingerprint density at radius 2 is 2.31 bits per heavy atom. The number of aromatic amines is 1. The van der Waals surface area contributed by atoms with Gasteiger partial charge in [-0.1, -0.05) is 0 Å². The van der Waals surface area contributed by atoms with Crippen LogP contribution in [0, 0.1) is 5.92 Å². The van der Waals surface area contributed by atoms with Crippen molar-refractivity contribution in [3.05, 3.63) is 18.0 Å². The molecule has 0 aliphatic carbocycles. The number of piperidine rings is 1. The van der Waals surface area contributed by atoms with Crippen LogP contribution in [-0.4, -0.2) is 40.1 Å². The molecule has 1 aliphatic rings. The molecular formula is C11H18N4O. The van der Waals surface area contributed by atoms with E-state index in [1.54, 1.807) is 12.3 Å². The second-order valence-corrected chi connectivity index (χ2v) is 4.46. The van der Waals surface area contributed by atoms with Crippen LogP contribution in [0.25, 0.3) is 0 Å². The summed E-state index contributed by atoms with van der Waals surface area (Å²) in [6, 6.07) is 1.93. The van der Waals surface area contributed by atoms with E-state index in [4.69, 9.17) is 5.73 Å². The van der Waals surface area contributed by atoms with Crippen molar-refractivity contribution in [2.75, 3.05) is 13.1 Å². The molecule has 5 heteroatoms. The Morgan fingerprint density at radius 1 is 1.62 bits per heavy atom. The van der Waals surface area contributed by atoms with Gasteiger partial charge in [0.05, 0.1) is 0 Å². The average molecular weight is 222 g/mol. The number of hydrogen-bond donors (Lipinski definition) is 2. The molecular weight excluding hydrogens is 204 g/mol. The smallest absolute Gasteiger partial charge is 0.271 e. The van der Waals surface area contributed by atoms with Gasteiger partial charge in [-0.2, -0.15) is 5.10 Å². The molecule has 0 saturated carbocycles. The lowest BCUT2D eigenvalue weighted by Gasteiger charge is -2.33. The minimum absolute atomic E-state index is 0.0422. The number of amides is 1. The van der Waals surface area contributed by atoms with E-state index in [1.165, 1.54) is 0 Å². The molecule has 88 valence electrons. The molecule has 1 fully saturated rings. The molecule has 0 bridgehead atoms. The zero-order chi connectivity index (χ0) is 11.5. The van der Waals surface area contributed by atoms with Gasteiger partial charge in [-0.25, -0.2) is 0 Å². The van der Waals surface area contributed by atoms with Crippen LogP contribution in [0.2, 0.25) is 0 Å². The fraction of sp³-hybridized carbons (Fsp3) is 0.636. The van der Waals surface area contributed by atoms with E-state index in [1.807, 2.05) is 11.8 Å². The number of rotatable bonds is 2. The van der Waals surface area contributed by atoms with Crippen LogP contribution in [0.15, 0.2) is 12.3 Å². The van der Waals surface area contributed by atoms with Gasteiger partial charge in [0.25, 0.3) is 5.91 Å². The van der Waals surface area contributed by atoms with Gasteiger partial charge >= 0.3 is 0 Å². The van der Waals surface area contributed by atoms with Crippen LogP contribution < -0.4 is 5.73 Å². The molecule has 1 unspecified atom stereocenters. The van der Waals surface area contributed by atoms with E-state index in [-0.39, 0.29) is 11.9 Å². The van der Waals surface area contributed by atoms with Crippen molar-refractivity contribution < 1.29 is 4.79 Å². The van der Waals surface area contributed by atoms with Gasteiger partial charge in [0.2, 0.25) is 0 Å². The van der Waals surface area contributed by atoms with Gasteiger partial charge in [0, 0.05) is 25.3 Å². The van der Waals surface area contributed by atoms with Crippen LogP contribution in [0.4, 0.5) is 0 Å². The molecule has 0 spiro atoms. The summed E-state index contributed by atoms with van der Waals surface area (Å²) in [7, 11) is 0. The minimum atomic E-state index is 0.0422. The Kier molecular flexibility index (Phi) is 3.24. The van der Waals surface area contributed by atoms with Crippen molar-refractivity contribution in [1.82, 2.24) is 15.1 Å². The Labute approximate surface area is 95.0 Å². The number of hydrogen-bond acceptors (Lipinski definition) is 3.